The van der Waals surface area contributed by atoms with Gasteiger partial charge in [0.1, 0.15) is 0 Å². The van der Waals surface area contributed by atoms with E-state index in [0.717, 1.165) is 5.92 Å². The Bertz CT molecular complexity index is 403. The number of likely N-dealkylation sites (tertiary alicyclic amines) is 1. The van der Waals surface area contributed by atoms with Gasteiger partial charge in [-0.1, -0.05) is 28.1 Å². The molecule has 0 spiro atoms. The second-order valence-corrected chi connectivity index (χ2v) is 6.81. The highest BCUT2D eigenvalue weighted by molar-refractivity contribution is 9.10. The number of rotatable bonds is 3. The number of piperidine rings is 1. The van der Waals surface area contributed by atoms with Crippen molar-refractivity contribution in [3.05, 3.63) is 34.3 Å². The van der Waals surface area contributed by atoms with Gasteiger partial charge in [-0.2, -0.15) is 0 Å². The normalized spacial score (nSPS) is 24.6. The van der Waals surface area contributed by atoms with Crippen LogP contribution in [0.4, 0.5) is 0 Å². The van der Waals surface area contributed by atoms with E-state index in [9.17, 15) is 0 Å². The van der Waals surface area contributed by atoms with Gasteiger partial charge >= 0.3 is 0 Å². The van der Waals surface area contributed by atoms with E-state index in [2.05, 4.69) is 50.4 Å². The number of halogens is 2. The first kappa shape index (κ1) is 16.3. The molecule has 1 atom stereocenters. The second-order valence-electron chi connectivity index (χ2n) is 5.90. The molecule has 1 aromatic carbocycles. The molecule has 2 fully saturated rings. The van der Waals surface area contributed by atoms with Gasteiger partial charge in [-0.25, -0.2) is 0 Å². The SMILES string of the molecule is Brc1ccc(C2CCCN2CC2CCNCC2)cc1.Cl. The van der Waals surface area contributed by atoms with Crippen molar-refractivity contribution in [1.29, 1.82) is 0 Å². The lowest BCUT2D eigenvalue weighted by atomic mass is 9.96. The Morgan fingerprint density at radius 2 is 1.80 bits per heavy atom. The van der Waals surface area contributed by atoms with E-state index in [4.69, 9.17) is 0 Å². The van der Waals surface area contributed by atoms with Crippen LogP contribution in [0.3, 0.4) is 0 Å². The minimum atomic E-state index is 0. The van der Waals surface area contributed by atoms with Crippen LogP contribution in [0.2, 0.25) is 0 Å². The first-order valence-corrected chi connectivity index (χ1v) is 8.32. The average molecular weight is 360 g/mol. The van der Waals surface area contributed by atoms with Crippen LogP contribution in [-0.4, -0.2) is 31.1 Å². The zero-order valence-electron chi connectivity index (χ0n) is 11.9. The van der Waals surface area contributed by atoms with E-state index < -0.39 is 0 Å². The Balaban J connectivity index is 0.00000147. The molecular weight excluding hydrogens is 336 g/mol. The van der Waals surface area contributed by atoms with Gasteiger partial charge in [0.2, 0.25) is 0 Å². The summed E-state index contributed by atoms with van der Waals surface area (Å²) in [5, 5.41) is 3.47. The van der Waals surface area contributed by atoms with Crippen molar-refractivity contribution in [2.45, 2.75) is 31.7 Å². The molecule has 1 aromatic rings. The molecule has 4 heteroatoms. The lowest BCUT2D eigenvalue weighted by Gasteiger charge is -2.31. The summed E-state index contributed by atoms with van der Waals surface area (Å²) in [4.78, 5) is 2.72. The number of hydrogen-bond donors (Lipinski definition) is 1. The molecule has 2 heterocycles. The van der Waals surface area contributed by atoms with Crippen LogP contribution in [0.25, 0.3) is 0 Å². The third-order valence-electron chi connectivity index (χ3n) is 4.57. The van der Waals surface area contributed by atoms with Crippen LogP contribution in [0, 0.1) is 5.92 Å². The smallest absolute Gasteiger partial charge is 0.0348 e. The Morgan fingerprint density at radius 1 is 1.10 bits per heavy atom. The van der Waals surface area contributed by atoms with Crippen molar-refractivity contribution in [1.82, 2.24) is 10.2 Å². The molecule has 0 saturated carbocycles. The Kier molecular flexibility index (Phi) is 6.34. The maximum absolute atomic E-state index is 3.53. The van der Waals surface area contributed by atoms with Crippen LogP contribution < -0.4 is 5.32 Å². The number of hydrogen-bond acceptors (Lipinski definition) is 2. The number of nitrogens with one attached hydrogen (secondary N) is 1. The lowest BCUT2D eigenvalue weighted by molar-refractivity contribution is 0.193. The van der Waals surface area contributed by atoms with E-state index in [-0.39, 0.29) is 12.4 Å². The van der Waals surface area contributed by atoms with E-state index in [1.165, 1.54) is 61.9 Å². The van der Waals surface area contributed by atoms with Gasteiger partial charge in [0.15, 0.2) is 0 Å². The quantitative estimate of drug-likeness (QED) is 0.877. The summed E-state index contributed by atoms with van der Waals surface area (Å²) in [7, 11) is 0. The largest absolute Gasteiger partial charge is 0.317 e. The standard InChI is InChI=1S/C16H23BrN2.ClH/c17-15-5-3-14(4-6-15)16-2-1-11-19(16)12-13-7-9-18-10-8-13;/h3-6,13,16,18H,1-2,7-12H2;1H. The van der Waals surface area contributed by atoms with Gasteiger partial charge in [0.25, 0.3) is 0 Å². The first-order chi connectivity index (χ1) is 9.33. The van der Waals surface area contributed by atoms with Gasteiger partial charge in [-0.3, -0.25) is 4.90 Å². The molecule has 112 valence electrons. The van der Waals surface area contributed by atoms with Gasteiger partial charge in [-0.15, -0.1) is 12.4 Å². The zero-order chi connectivity index (χ0) is 13.1. The van der Waals surface area contributed by atoms with Crippen LogP contribution in [0.1, 0.15) is 37.3 Å². The van der Waals surface area contributed by atoms with E-state index in [1.54, 1.807) is 0 Å². The summed E-state index contributed by atoms with van der Waals surface area (Å²) in [6.45, 7) is 5.00. The summed E-state index contributed by atoms with van der Waals surface area (Å²) in [5.74, 6) is 0.900. The van der Waals surface area contributed by atoms with E-state index in [1.807, 2.05) is 0 Å². The van der Waals surface area contributed by atoms with E-state index in [0.29, 0.717) is 6.04 Å². The summed E-state index contributed by atoms with van der Waals surface area (Å²) in [6, 6.07) is 9.58. The van der Waals surface area contributed by atoms with Crippen molar-refractivity contribution in [2.75, 3.05) is 26.2 Å². The molecule has 2 nitrogen and oxygen atoms in total. The molecule has 2 saturated heterocycles. The molecule has 0 aliphatic carbocycles. The molecule has 3 rings (SSSR count). The van der Waals surface area contributed by atoms with Gasteiger partial charge in [0, 0.05) is 17.1 Å². The highest BCUT2D eigenvalue weighted by Crippen LogP contribution is 2.33. The molecule has 2 aliphatic heterocycles. The lowest BCUT2D eigenvalue weighted by Crippen LogP contribution is -2.36. The molecule has 1 unspecified atom stereocenters. The number of benzene rings is 1. The maximum atomic E-state index is 3.53. The Hall–Kier alpha value is -0.0900. The van der Waals surface area contributed by atoms with Crippen molar-refractivity contribution in [3.8, 4) is 0 Å². The first-order valence-electron chi connectivity index (χ1n) is 7.53. The minimum Gasteiger partial charge on any atom is -0.317 e. The summed E-state index contributed by atoms with van der Waals surface area (Å²) < 4.78 is 1.18. The second kappa shape index (κ2) is 7.79. The third-order valence-corrected chi connectivity index (χ3v) is 5.10. The molecule has 0 bridgehead atoms. The Morgan fingerprint density at radius 3 is 2.50 bits per heavy atom. The molecule has 1 N–H and O–H groups in total. The average Bonchev–Trinajstić information content (AvgIpc) is 2.89. The summed E-state index contributed by atoms with van der Waals surface area (Å²) in [5.41, 5.74) is 1.50. The summed E-state index contributed by atoms with van der Waals surface area (Å²) >= 11 is 3.53. The van der Waals surface area contributed by atoms with Gasteiger partial charge < -0.3 is 5.32 Å². The fourth-order valence-electron chi connectivity index (χ4n) is 3.50. The summed E-state index contributed by atoms with van der Waals surface area (Å²) in [6.07, 6.45) is 5.38. The van der Waals surface area contributed by atoms with Gasteiger partial charge in [-0.05, 0) is 68.9 Å². The molecule has 0 amide bonds. The maximum Gasteiger partial charge on any atom is 0.0348 e. The molecule has 0 aromatic heterocycles. The molecule has 0 radical (unpaired) electrons. The predicted molar refractivity (Wildman–Crippen MR) is 90.5 cm³/mol. The Labute approximate surface area is 136 Å². The van der Waals surface area contributed by atoms with Crippen LogP contribution >= 0.6 is 28.3 Å². The highest BCUT2D eigenvalue weighted by Gasteiger charge is 2.28. The van der Waals surface area contributed by atoms with Crippen molar-refractivity contribution in [3.63, 3.8) is 0 Å². The van der Waals surface area contributed by atoms with Crippen LogP contribution in [0.15, 0.2) is 28.7 Å². The molecule has 20 heavy (non-hydrogen) atoms. The zero-order valence-corrected chi connectivity index (χ0v) is 14.3. The molecule has 2 aliphatic rings. The van der Waals surface area contributed by atoms with Crippen molar-refractivity contribution >= 4 is 28.3 Å². The third kappa shape index (κ3) is 3.97. The van der Waals surface area contributed by atoms with Gasteiger partial charge in [0.05, 0.1) is 0 Å². The topological polar surface area (TPSA) is 15.3 Å². The minimum absolute atomic E-state index is 0. The number of nitrogens with zero attached hydrogens (tertiary/aromatic N) is 1. The van der Waals surface area contributed by atoms with Crippen molar-refractivity contribution in [2.24, 2.45) is 5.92 Å². The fraction of sp³-hybridized carbons (Fsp3) is 0.625. The predicted octanol–water partition coefficient (Wildman–Crippen LogP) is 4.01. The van der Waals surface area contributed by atoms with Crippen molar-refractivity contribution < 1.29 is 0 Å². The molecular formula is C16H24BrClN2. The van der Waals surface area contributed by atoms with Crippen LogP contribution in [-0.2, 0) is 0 Å². The fourth-order valence-corrected chi connectivity index (χ4v) is 3.77. The van der Waals surface area contributed by atoms with Crippen LogP contribution in [0.5, 0.6) is 0 Å². The highest BCUT2D eigenvalue weighted by atomic mass is 79.9. The monoisotopic (exact) mass is 358 g/mol. The van der Waals surface area contributed by atoms with E-state index >= 15 is 0 Å².